The Hall–Kier alpha value is -4.08. The van der Waals surface area contributed by atoms with Gasteiger partial charge in [0.2, 0.25) is 11.8 Å². The van der Waals surface area contributed by atoms with Crippen molar-refractivity contribution < 1.29 is 24.3 Å². The molecule has 2 aliphatic carbocycles. The number of carbonyl (C=O) groups is 4. The maximum absolute atomic E-state index is 13.5. The van der Waals surface area contributed by atoms with Gasteiger partial charge in [0.05, 0.1) is 64.0 Å². The summed E-state index contributed by atoms with van der Waals surface area (Å²) < 4.78 is 0. The van der Waals surface area contributed by atoms with E-state index in [2.05, 4.69) is 33.2 Å². The first kappa shape index (κ1) is 33.7. The summed E-state index contributed by atoms with van der Waals surface area (Å²) in [6.45, 7) is 4.40. The lowest BCUT2D eigenvalue weighted by molar-refractivity contribution is -0.125. The van der Waals surface area contributed by atoms with Gasteiger partial charge in [-0.25, -0.2) is 9.97 Å². The minimum Gasteiger partial charge on any atom is -0.380 e. The van der Waals surface area contributed by atoms with E-state index in [-0.39, 0.29) is 54.2 Å². The highest BCUT2D eigenvalue weighted by Gasteiger charge is 2.64. The Morgan fingerprint density at radius 3 is 2.21 bits per heavy atom. The first-order valence-corrected chi connectivity index (χ1v) is 20.2. The largest absolute Gasteiger partial charge is 0.380 e. The smallest absolute Gasteiger partial charge is 0.253 e. The van der Waals surface area contributed by atoms with Crippen LogP contribution in [0.25, 0.3) is 0 Å². The van der Waals surface area contributed by atoms with Crippen LogP contribution in [-0.2, 0) is 44.2 Å². The molecule has 0 radical (unpaired) electrons. The Morgan fingerprint density at radius 2 is 1.54 bits per heavy atom. The van der Waals surface area contributed by atoms with Crippen LogP contribution < -0.4 is 21.3 Å². The molecule has 0 aromatic carbocycles. The van der Waals surface area contributed by atoms with Crippen molar-refractivity contribution in [2.45, 2.75) is 120 Å². The molecule has 2 unspecified atom stereocenters. The number of aliphatic hydroxyl groups is 1. The van der Waals surface area contributed by atoms with Crippen LogP contribution in [0, 0.1) is 5.92 Å². The number of thiazole rings is 2. The number of hydrogen-bond acceptors (Lipinski definition) is 11. The van der Waals surface area contributed by atoms with Crippen LogP contribution in [0.5, 0.6) is 0 Å². The van der Waals surface area contributed by atoms with Gasteiger partial charge in [-0.3, -0.25) is 29.2 Å². The van der Waals surface area contributed by atoms with Crippen molar-refractivity contribution in [2.75, 3.05) is 6.54 Å². The molecular formula is C37H42N8O5S2. The van der Waals surface area contributed by atoms with E-state index in [4.69, 9.17) is 15.0 Å². The predicted molar refractivity (Wildman–Crippen MR) is 195 cm³/mol. The number of amides is 4. The molecule has 5 aliphatic heterocycles. The average Bonchev–Trinajstić information content (AvgIpc) is 3.50. The molecule has 4 amide bonds. The van der Waals surface area contributed by atoms with Crippen LogP contribution in [0.4, 0.5) is 0 Å². The Morgan fingerprint density at radius 1 is 0.885 bits per heavy atom. The van der Waals surface area contributed by atoms with Gasteiger partial charge < -0.3 is 26.4 Å². The monoisotopic (exact) mass is 742 g/mol. The zero-order chi connectivity index (χ0) is 36.0. The Labute approximate surface area is 309 Å². The summed E-state index contributed by atoms with van der Waals surface area (Å²) in [4.78, 5) is 71.8. The number of rotatable bonds is 11. The van der Waals surface area contributed by atoms with Crippen LogP contribution in [0.1, 0.15) is 93.0 Å². The SMILES string of the molecule is C[C@H]1CCC(C2=C(CC(=O)NCc3nc(CCc4nc(C5(O)CNC(=O)C5C5=C(C6=N[C@@H](C)CC6)C(=O)NC56CC6)cs4)cs3)C3(CC3)NC2=O)=N1. The van der Waals surface area contributed by atoms with Crippen LogP contribution in [0.15, 0.2) is 43.0 Å². The fourth-order valence-corrected chi connectivity index (χ4v) is 10.3. The lowest BCUT2D eigenvalue weighted by Crippen LogP contribution is -2.42. The van der Waals surface area contributed by atoms with E-state index >= 15 is 0 Å². The summed E-state index contributed by atoms with van der Waals surface area (Å²) in [6, 6.07) is 0.314. The number of nitrogens with zero attached hydrogens (tertiary/aromatic N) is 4. The average molecular weight is 743 g/mol. The lowest BCUT2D eigenvalue weighted by atomic mass is 9.76. The molecule has 2 saturated carbocycles. The first-order valence-electron chi connectivity index (χ1n) is 18.4. The van der Waals surface area contributed by atoms with E-state index in [0.717, 1.165) is 77.7 Å². The molecule has 4 atom stereocenters. The van der Waals surface area contributed by atoms with Crippen molar-refractivity contribution in [1.82, 2.24) is 31.2 Å². The third kappa shape index (κ3) is 5.66. The van der Waals surface area contributed by atoms with Gasteiger partial charge in [-0.05, 0) is 82.8 Å². The molecule has 9 rings (SSSR count). The Bertz CT molecular complexity index is 2050. The van der Waals surface area contributed by atoms with Gasteiger partial charge in [-0.1, -0.05) is 0 Å². The zero-order valence-corrected chi connectivity index (χ0v) is 30.9. The molecule has 2 aromatic heterocycles. The standard InChI is InChI=1S/C37H42N8O5S2/c1-18-3-6-22(40-18)28-21(35(9-10-35)44-32(28)47)13-25(46)38-14-27-42-20(15-51-27)5-8-26-43-24(16-52-26)37(50)17-39-34(49)31(37)30-29(23-7-4-19(2)41-23)33(48)45-36(30)11-12-36/h15-16,18-19,31,50H,3-14,17H2,1-2H3,(H,38,46)(H,39,49)(H,44,47)(H,45,48)/t18-,19-,31?,37?/m0/s1. The van der Waals surface area contributed by atoms with Crippen molar-refractivity contribution in [1.29, 1.82) is 0 Å². The number of aliphatic imine (C=N–C) groups is 2. The van der Waals surface area contributed by atoms with Crippen LogP contribution in [0.3, 0.4) is 0 Å². The Balaban J connectivity index is 0.851. The van der Waals surface area contributed by atoms with Gasteiger partial charge in [0.15, 0.2) is 0 Å². The van der Waals surface area contributed by atoms with E-state index in [0.29, 0.717) is 48.2 Å². The minimum absolute atomic E-state index is 0.0190. The normalized spacial score (nSPS) is 29.6. The van der Waals surface area contributed by atoms with Gasteiger partial charge in [0, 0.05) is 40.7 Å². The molecule has 13 nitrogen and oxygen atoms in total. The summed E-state index contributed by atoms with van der Waals surface area (Å²) in [6.07, 6.45) is 7.78. The number of nitrogens with one attached hydrogen (secondary N) is 4. The highest BCUT2D eigenvalue weighted by Crippen LogP contribution is 2.55. The maximum atomic E-state index is 13.5. The number of aryl methyl sites for hydroxylation is 2. The molecule has 1 saturated heterocycles. The van der Waals surface area contributed by atoms with Crippen molar-refractivity contribution >= 4 is 57.7 Å². The zero-order valence-electron chi connectivity index (χ0n) is 29.3. The molecule has 272 valence electrons. The van der Waals surface area contributed by atoms with E-state index in [9.17, 15) is 24.3 Å². The molecule has 7 heterocycles. The Kier molecular flexibility index (Phi) is 7.94. The van der Waals surface area contributed by atoms with E-state index < -0.39 is 17.1 Å². The molecular weight excluding hydrogens is 701 g/mol. The third-order valence-corrected chi connectivity index (χ3v) is 13.6. The summed E-state index contributed by atoms with van der Waals surface area (Å²) in [5.41, 5.74) is 2.99. The molecule has 7 aliphatic rings. The quantitative estimate of drug-likeness (QED) is 0.234. The van der Waals surface area contributed by atoms with Crippen molar-refractivity contribution in [2.24, 2.45) is 15.9 Å². The maximum Gasteiger partial charge on any atom is 0.253 e. The molecule has 2 aromatic rings. The number of hydrogen-bond donors (Lipinski definition) is 5. The van der Waals surface area contributed by atoms with Gasteiger partial charge in [0.25, 0.3) is 11.8 Å². The van der Waals surface area contributed by atoms with Gasteiger partial charge in [-0.15, -0.1) is 22.7 Å². The van der Waals surface area contributed by atoms with Crippen molar-refractivity contribution in [3.05, 3.63) is 54.5 Å². The fourth-order valence-electron chi connectivity index (χ4n) is 8.69. The van der Waals surface area contributed by atoms with Crippen LogP contribution >= 0.6 is 22.7 Å². The number of carbonyl (C=O) groups excluding carboxylic acids is 4. The summed E-state index contributed by atoms with van der Waals surface area (Å²) in [5.74, 6) is -1.66. The molecule has 2 spiro atoms. The van der Waals surface area contributed by atoms with Crippen molar-refractivity contribution in [3.8, 4) is 0 Å². The topological polar surface area (TPSA) is 187 Å². The van der Waals surface area contributed by atoms with Crippen LogP contribution in [-0.4, -0.2) is 79.8 Å². The van der Waals surface area contributed by atoms with E-state index in [1.165, 1.54) is 22.7 Å². The molecule has 3 fully saturated rings. The summed E-state index contributed by atoms with van der Waals surface area (Å²) >= 11 is 2.92. The van der Waals surface area contributed by atoms with Crippen molar-refractivity contribution in [3.63, 3.8) is 0 Å². The van der Waals surface area contributed by atoms with E-state index in [1.807, 2.05) is 17.7 Å². The fraction of sp³-hybridized carbons (Fsp3) is 0.568. The van der Waals surface area contributed by atoms with Crippen LogP contribution in [0.2, 0.25) is 0 Å². The molecule has 5 N–H and O–H groups in total. The second-order valence-electron chi connectivity index (χ2n) is 15.5. The molecule has 52 heavy (non-hydrogen) atoms. The number of β-amino-alcohol motifs (C(OH)–C–C–N with tert-alkyl or cyclic N) is 1. The minimum atomic E-state index is -1.59. The first-order chi connectivity index (χ1) is 25.0. The predicted octanol–water partition coefficient (Wildman–Crippen LogP) is 2.49. The van der Waals surface area contributed by atoms with Gasteiger partial charge in [-0.2, -0.15) is 0 Å². The molecule has 0 bridgehead atoms. The third-order valence-electron chi connectivity index (χ3n) is 11.8. The van der Waals surface area contributed by atoms with E-state index in [1.54, 1.807) is 0 Å². The second-order valence-corrected chi connectivity index (χ2v) is 17.4. The van der Waals surface area contributed by atoms with Gasteiger partial charge >= 0.3 is 0 Å². The molecule has 15 heteroatoms. The summed E-state index contributed by atoms with van der Waals surface area (Å²) in [5, 5.41) is 29.7. The number of aromatic nitrogens is 2. The van der Waals surface area contributed by atoms with Gasteiger partial charge in [0.1, 0.15) is 10.6 Å². The highest BCUT2D eigenvalue weighted by molar-refractivity contribution is 7.10. The lowest BCUT2D eigenvalue weighted by Gasteiger charge is -2.30. The second kappa shape index (κ2) is 12.2. The summed E-state index contributed by atoms with van der Waals surface area (Å²) in [7, 11) is 0. The highest BCUT2D eigenvalue weighted by atomic mass is 32.1.